The molecule has 102 valence electrons. The van der Waals surface area contributed by atoms with E-state index in [0.29, 0.717) is 11.7 Å². The number of primary amides is 1. The van der Waals surface area contributed by atoms with E-state index < -0.39 is 16.7 Å². The number of rotatable bonds is 4. The fraction of sp³-hybridized carbons (Fsp3) is 0.769. The number of aliphatic hydroxyl groups is 1. The quantitative estimate of drug-likeness (QED) is 0.746. The number of hydrogen-bond donors (Lipinski definition) is 2. The Morgan fingerprint density at radius 3 is 2.67 bits per heavy atom. The van der Waals surface area contributed by atoms with Crippen molar-refractivity contribution in [3.8, 4) is 0 Å². The van der Waals surface area contributed by atoms with Crippen molar-refractivity contribution in [3.05, 3.63) is 11.5 Å². The van der Waals surface area contributed by atoms with Gasteiger partial charge < -0.3 is 10.8 Å². The Hall–Kier alpha value is -0.680. The van der Waals surface area contributed by atoms with Crippen LogP contribution in [0.25, 0.3) is 0 Å². The Bertz CT molecular complexity index is 418. The van der Waals surface area contributed by atoms with Gasteiger partial charge in [0.25, 0.3) is 0 Å². The van der Waals surface area contributed by atoms with Crippen LogP contribution in [0.1, 0.15) is 33.1 Å². The molecule has 0 aromatic rings. The van der Waals surface area contributed by atoms with Crippen LogP contribution in [-0.2, 0) is 15.6 Å². The molecule has 4 nitrogen and oxygen atoms in total. The van der Waals surface area contributed by atoms with Gasteiger partial charge in [-0.3, -0.25) is 9.00 Å². The highest BCUT2D eigenvalue weighted by Crippen LogP contribution is 2.65. The van der Waals surface area contributed by atoms with Gasteiger partial charge in [0.15, 0.2) is 0 Å². The summed E-state index contributed by atoms with van der Waals surface area (Å²) in [7, 11) is -1.25. The van der Waals surface area contributed by atoms with Crippen molar-refractivity contribution in [1.82, 2.24) is 0 Å². The molecule has 2 bridgehead atoms. The lowest BCUT2D eigenvalue weighted by atomic mass is 9.70. The predicted octanol–water partition coefficient (Wildman–Crippen LogP) is 0.921. The van der Waals surface area contributed by atoms with Gasteiger partial charge in [-0.05, 0) is 30.6 Å². The van der Waals surface area contributed by atoms with E-state index in [4.69, 9.17) is 5.73 Å². The second-order valence-electron chi connectivity index (χ2n) is 6.10. The van der Waals surface area contributed by atoms with Crippen molar-refractivity contribution in [2.75, 3.05) is 5.75 Å². The molecule has 1 unspecified atom stereocenters. The molecule has 2 rings (SSSR count). The molecule has 2 aliphatic rings. The zero-order valence-electron chi connectivity index (χ0n) is 10.9. The summed E-state index contributed by atoms with van der Waals surface area (Å²) in [6.07, 6.45) is 3.59. The second-order valence-corrected chi connectivity index (χ2v) is 7.42. The van der Waals surface area contributed by atoms with Gasteiger partial charge in [0.1, 0.15) is 0 Å². The lowest BCUT2D eigenvalue weighted by Gasteiger charge is -2.39. The van der Waals surface area contributed by atoms with E-state index in [0.717, 1.165) is 25.3 Å². The monoisotopic (exact) mass is 271 g/mol. The van der Waals surface area contributed by atoms with Crippen LogP contribution in [-0.4, -0.2) is 27.1 Å². The minimum Gasteiger partial charge on any atom is -0.392 e. The molecule has 18 heavy (non-hydrogen) atoms. The van der Waals surface area contributed by atoms with Gasteiger partial charge in [0.2, 0.25) is 5.91 Å². The Balaban J connectivity index is 2.16. The first kappa shape index (κ1) is 13.7. The van der Waals surface area contributed by atoms with Crippen LogP contribution >= 0.6 is 0 Å². The molecular weight excluding hydrogens is 250 g/mol. The van der Waals surface area contributed by atoms with Gasteiger partial charge >= 0.3 is 0 Å². The van der Waals surface area contributed by atoms with Gasteiger partial charge in [0, 0.05) is 33.5 Å². The van der Waals surface area contributed by atoms with Gasteiger partial charge in [-0.2, -0.15) is 0 Å². The van der Waals surface area contributed by atoms with Crippen LogP contribution in [0.2, 0.25) is 0 Å². The molecule has 0 saturated heterocycles. The summed E-state index contributed by atoms with van der Waals surface area (Å²) in [4.78, 5) is 10.6. The van der Waals surface area contributed by atoms with E-state index in [2.05, 4.69) is 13.8 Å². The zero-order chi connectivity index (χ0) is 13.6. The van der Waals surface area contributed by atoms with Crippen molar-refractivity contribution in [2.45, 2.75) is 39.2 Å². The Morgan fingerprint density at radius 2 is 2.22 bits per heavy atom. The van der Waals surface area contributed by atoms with E-state index in [1.165, 1.54) is 5.41 Å². The van der Waals surface area contributed by atoms with Crippen LogP contribution in [0.15, 0.2) is 11.5 Å². The number of hydrogen-bond acceptors (Lipinski definition) is 3. The minimum atomic E-state index is -1.25. The number of carbonyl (C=O) groups excluding carboxylic acids is 1. The molecule has 3 N–H and O–H groups in total. The zero-order valence-corrected chi connectivity index (χ0v) is 11.7. The third-order valence-electron chi connectivity index (χ3n) is 5.17. The molecule has 2 saturated carbocycles. The Morgan fingerprint density at radius 1 is 1.56 bits per heavy atom. The third kappa shape index (κ3) is 1.93. The highest BCUT2D eigenvalue weighted by Gasteiger charge is 2.63. The molecule has 2 aliphatic carbocycles. The smallest absolute Gasteiger partial charge is 0.242 e. The highest BCUT2D eigenvalue weighted by molar-refractivity contribution is 7.88. The van der Waals surface area contributed by atoms with E-state index in [1.54, 1.807) is 0 Å². The summed E-state index contributed by atoms with van der Waals surface area (Å²) in [5.74, 6) is 0.350. The molecule has 4 atom stereocenters. The lowest BCUT2D eigenvalue weighted by Crippen LogP contribution is -2.43. The molecule has 0 radical (unpaired) electrons. The van der Waals surface area contributed by atoms with Crippen molar-refractivity contribution in [2.24, 2.45) is 22.5 Å². The van der Waals surface area contributed by atoms with Crippen LogP contribution < -0.4 is 5.73 Å². The van der Waals surface area contributed by atoms with Crippen LogP contribution in [0.4, 0.5) is 0 Å². The predicted molar refractivity (Wildman–Crippen MR) is 70.9 cm³/mol. The molecule has 0 aromatic heterocycles. The third-order valence-corrected chi connectivity index (χ3v) is 6.41. The number of fused-ring (bicyclic) bond motifs is 2. The van der Waals surface area contributed by atoms with Crippen molar-refractivity contribution < 1.29 is 14.1 Å². The summed E-state index contributed by atoms with van der Waals surface area (Å²) in [6.45, 7) is 4.33. The molecule has 0 spiro atoms. The number of amides is 1. The van der Waals surface area contributed by atoms with Gasteiger partial charge in [-0.15, -0.1) is 0 Å². The summed E-state index contributed by atoms with van der Waals surface area (Å²) in [5, 5.41) is 11.6. The first-order valence-corrected chi connectivity index (χ1v) is 7.71. The first-order chi connectivity index (χ1) is 8.29. The summed E-state index contributed by atoms with van der Waals surface area (Å²) in [5.41, 5.74) is 4.74. The number of nitrogens with two attached hydrogens (primary N) is 1. The molecule has 1 amide bonds. The standard InChI is InChI=1S/C13H21NO3S/c1-12(2)9-3-5-13(12,10(15)7-9)8-18(17)6-4-11(14)16/h4,6,9-10,15H,3,5,7-8H2,1-2H3,(H2,14,16)/b6-4+/t9-,10-,13-,18?/m1/s1. The topological polar surface area (TPSA) is 80.4 Å². The van der Waals surface area contributed by atoms with E-state index in [9.17, 15) is 14.1 Å². The average molecular weight is 271 g/mol. The maximum atomic E-state index is 12.0. The minimum absolute atomic E-state index is 0.0165. The molecule has 0 aliphatic heterocycles. The average Bonchev–Trinajstić information content (AvgIpc) is 2.60. The maximum Gasteiger partial charge on any atom is 0.242 e. The maximum absolute atomic E-state index is 12.0. The van der Waals surface area contributed by atoms with Crippen LogP contribution in [0, 0.1) is 16.7 Å². The van der Waals surface area contributed by atoms with E-state index in [-0.39, 0.29) is 16.9 Å². The summed E-state index contributed by atoms with van der Waals surface area (Å²) >= 11 is 0. The largest absolute Gasteiger partial charge is 0.392 e. The van der Waals surface area contributed by atoms with Crippen molar-refractivity contribution >= 4 is 16.7 Å². The number of aliphatic hydroxyl groups excluding tert-OH is 1. The fourth-order valence-electron chi connectivity index (χ4n) is 3.82. The highest BCUT2D eigenvalue weighted by atomic mass is 32.2. The fourth-order valence-corrected chi connectivity index (χ4v) is 5.42. The molecule has 2 fully saturated rings. The summed E-state index contributed by atoms with van der Waals surface area (Å²) < 4.78 is 12.0. The normalized spacial score (nSPS) is 39.3. The lowest BCUT2D eigenvalue weighted by molar-refractivity contribution is -0.113. The second kappa shape index (κ2) is 4.46. The molecular formula is C13H21NO3S. The van der Waals surface area contributed by atoms with E-state index >= 15 is 0 Å². The molecule has 0 aromatic carbocycles. The van der Waals surface area contributed by atoms with Crippen LogP contribution in [0.3, 0.4) is 0 Å². The summed E-state index contributed by atoms with van der Waals surface area (Å²) in [6, 6.07) is 0. The van der Waals surface area contributed by atoms with Gasteiger partial charge in [-0.1, -0.05) is 13.8 Å². The van der Waals surface area contributed by atoms with Crippen molar-refractivity contribution in [3.63, 3.8) is 0 Å². The molecule has 5 heteroatoms. The SMILES string of the molecule is CC1(C)[C@@H]2CC[C@@]1(CS(=O)/C=C/C(N)=O)[C@H](O)C2. The van der Waals surface area contributed by atoms with Gasteiger partial charge in [-0.25, -0.2) is 0 Å². The van der Waals surface area contributed by atoms with Crippen LogP contribution in [0.5, 0.6) is 0 Å². The Kier molecular flexibility index (Phi) is 3.40. The van der Waals surface area contributed by atoms with Gasteiger partial charge in [0.05, 0.1) is 6.10 Å². The first-order valence-electron chi connectivity index (χ1n) is 6.32. The molecule has 0 heterocycles. The van der Waals surface area contributed by atoms with Crippen molar-refractivity contribution in [1.29, 1.82) is 0 Å². The number of carbonyl (C=O) groups is 1. The van der Waals surface area contributed by atoms with E-state index in [1.807, 2.05) is 0 Å². The Labute approximate surface area is 110 Å².